The van der Waals surface area contributed by atoms with Gasteiger partial charge in [-0.3, -0.25) is 4.90 Å². The summed E-state index contributed by atoms with van der Waals surface area (Å²) in [5.41, 5.74) is 5.09. The number of aryl methyl sites for hydroxylation is 1. The number of hydrogen-bond acceptors (Lipinski definition) is 8. The van der Waals surface area contributed by atoms with E-state index in [-0.39, 0.29) is 13.2 Å². The quantitative estimate of drug-likeness (QED) is 0.376. The van der Waals surface area contributed by atoms with Crippen molar-refractivity contribution in [3.05, 3.63) is 71.6 Å². The molecule has 1 aliphatic rings. The number of aliphatic hydroxyl groups is 4. The average Bonchev–Trinajstić information content (AvgIpc) is 3.32. The zero-order valence-electron chi connectivity index (χ0n) is 17.9. The first-order valence-corrected chi connectivity index (χ1v) is 10.7. The first kappa shape index (κ1) is 22.4. The monoisotopic (exact) mass is 439 g/mol. The molecule has 3 aromatic rings. The summed E-state index contributed by atoms with van der Waals surface area (Å²) in [4.78, 5) is 6.01. The van der Waals surface area contributed by atoms with Crippen LogP contribution in [-0.4, -0.2) is 67.8 Å². The Labute approximate surface area is 186 Å². The van der Waals surface area contributed by atoms with E-state index < -0.39 is 24.4 Å². The maximum Gasteiger partial charge on any atom is 0.225 e. The number of aliphatic hydroxyl groups excluding tert-OH is 4. The summed E-state index contributed by atoms with van der Waals surface area (Å²) in [5.74, 6) is 0.586. The Hall–Kier alpha value is -2.75. The summed E-state index contributed by atoms with van der Waals surface area (Å²) in [7, 11) is 0. The van der Waals surface area contributed by atoms with Gasteiger partial charge in [-0.2, -0.15) is 0 Å². The van der Waals surface area contributed by atoms with Crippen molar-refractivity contribution in [2.24, 2.45) is 0 Å². The minimum absolute atomic E-state index is 0.187. The average molecular weight is 440 g/mol. The highest BCUT2D eigenvalue weighted by Crippen LogP contribution is 2.24. The molecule has 1 fully saturated rings. The van der Waals surface area contributed by atoms with E-state index in [1.54, 1.807) is 17.4 Å². The molecule has 1 saturated heterocycles. The van der Waals surface area contributed by atoms with Crippen LogP contribution >= 0.6 is 0 Å². The molecule has 0 aliphatic carbocycles. The van der Waals surface area contributed by atoms with Gasteiger partial charge in [0, 0.05) is 30.9 Å². The van der Waals surface area contributed by atoms with Crippen LogP contribution in [0, 0.1) is 6.92 Å². The molecule has 1 aliphatic heterocycles. The molecule has 0 amide bonds. The Balaban J connectivity index is 1.38. The summed E-state index contributed by atoms with van der Waals surface area (Å²) in [6.07, 6.45) is -0.303. The highest BCUT2D eigenvalue weighted by Gasteiger charge is 2.40. The van der Waals surface area contributed by atoms with Crippen LogP contribution in [0.2, 0.25) is 0 Å². The third-order valence-electron chi connectivity index (χ3n) is 5.88. The normalized spacial score (nSPS) is 23.9. The summed E-state index contributed by atoms with van der Waals surface area (Å²) < 4.78 is 5.40. The molecule has 5 N–H and O–H groups in total. The van der Waals surface area contributed by atoms with Gasteiger partial charge in [0.15, 0.2) is 0 Å². The van der Waals surface area contributed by atoms with E-state index in [1.165, 1.54) is 0 Å². The van der Waals surface area contributed by atoms with E-state index in [9.17, 15) is 20.4 Å². The maximum atomic E-state index is 10.1. The topological polar surface area (TPSA) is 122 Å². The predicted molar refractivity (Wildman–Crippen MR) is 120 cm³/mol. The summed E-state index contributed by atoms with van der Waals surface area (Å²) in [6.45, 7) is 3.02. The second-order valence-electron chi connectivity index (χ2n) is 8.32. The molecule has 0 saturated carbocycles. The van der Waals surface area contributed by atoms with Crippen LogP contribution in [0.4, 0.5) is 5.69 Å². The lowest BCUT2D eigenvalue weighted by Crippen LogP contribution is -2.62. The van der Waals surface area contributed by atoms with Gasteiger partial charge < -0.3 is 30.2 Å². The number of anilines is 1. The van der Waals surface area contributed by atoms with Crippen molar-refractivity contribution in [3.63, 3.8) is 0 Å². The van der Waals surface area contributed by atoms with Crippen LogP contribution in [0.5, 0.6) is 0 Å². The van der Waals surface area contributed by atoms with E-state index >= 15 is 0 Å². The second-order valence-corrected chi connectivity index (χ2v) is 8.32. The number of nitrogens with zero attached hydrogens (tertiary/aromatic N) is 2. The molecular formula is C24H29N3O5. The van der Waals surface area contributed by atoms with E-state index in [0.717, 1.165) is 27.9 Å². The molecule has 8 nitrogen and oxygen atoms in total. The van der Waals surface area contributed by atoms with Crippen LogP contribution in [0.15, 0.2) is 59.3 Å². The lowest BCUT2D eigenvalue weighted by atomic mass is 9.93. The van der Waals surface area contributed by atoms with Gasteiger partial charge in [0.05, 0.1) is 24.9 Å². The lowest BCUT2D eigenvalue weighted by molar-refractivity contribution is -0.147. The zero-order chi connectivity index (χ0) is 22.7. The summed E-state index contributed by atoms with van der Waals surface area (Å²) in [6, 6.07) is 13.5. The van der Waals surface area contributed by atoms with Crippen LogP contribution < -0.4 is 5.32 Å². The van der Waals surface area contributed by atoms with E-state index in [4.69, 9.17) is 4.42 Å². The van der Waals surface area contributed by atoms with Crippen molar-refractivity contribution >= 4 is 5.69 Å². The molecule has 32 heavy (non-hydrogen) atoms. The Kier molecular flexibility index (Phi) is 6.88. The van der Waals surface area contributed by atoms with Crippen molar-refractivity contribution in [1.82, 2.24) is 9.88 Å². The lowest BCUT2D eigenvalue weighted by Gasteiger charge is -2.43. The molecular weight excluding hydrogens is 410 g/mol. The molecule has 0 radical (unpaired) electrons. The summed E-state index contributed by atoms with van der Waals surface area (Å²) in [5, 5.41) is 43.0. The minimum atomic E-state index is -1.25. The number of piperidine rings is 1. The molecule has 8 heteroatoms. The second kappa shape index (κ2) is 9.81. The molecule has 0 unspecified atom stereocenters. The number of benzene rings is 2. The number of likely N-dealkylation sites (tertiary alicyclic amines) is 1. The number of β-amino-alcohol motifs (C(OH)–C–C–N with tert-alkyl or cyclic N) is 1. The molecule has 0 bridgehead atoms. The van der Waals surface area contributed by atoms with Gasteiger partial charge in [-0.25, -0.2) is 4.98 Å². The third-order valence-corrected chi connectivity index (χ3v) is 5.88. The Morgan fingerprint density at radius 3 is 2.50 bits per heavy atom. The van der Waals surface area contributed by atoms with Crippen molar-refractivity contribution in [3.8, 4) is 11.5 Å². The number of oxazole rings is 1. The van der Waals surface area contributed by atoms with E-state index in [2.05, 4.69) is 16.4 Å². The fourth-order valence-corrected chi connectivity index (χ4v) is 4.14. The van der Waals surface area contributed by atoms with Crippen LogP contribution in [0.25, 0.3) is 11.5 Å². The zero-order valence-corrected chi connectivity index (χ0v) is 17.9. The van der Waals surface area contributed by atoms with E-state index in [0.29, 0.717) is 19.0 Å². The van der Waals surface area contributed by atoms with Crippen molar-refractivity contribution in [2.45, 2.75) is 44.4 Å². The standard InChI is InChI=1S/C24H29N3O5/c1-15-8-18(24-25-6-7-32-24)10-19(9-15)26-11-16-2-4-17(5-3-16)12-27-13-21(29)23(31)22(30)20(27)14-28/h2-10,20-23,26,28-31H,11-14H2,1H3/t20-,21+,22-,23-/m1/s1. The van der Waals surface area contributed by atoms with E-state index in [1.807, 2.05) is 43.3 Å². The molecule has 2 aromatic carbocycles. The number of aromatic nitrogens is 1. The number of rotatable bonds is 7. The Morgan fingerprint density at radius 2 is 1.81 bits per heavy atom. The Bertz CT molecular complexity index is 1010. The first-order chi connectivity index (χ1) is 15.4. The number of hydrogen-bond donors (Lipinski definition) is 5. The van der Waals surface area contributed by atoms with Crippen LogP contribution in [-0.2, 0) is 13.1 Å². The summed E-state index contributed by atoms with van der Waals surface area (Å²) >= 11 is 0. The molecule has 2 heterocycles. The molecule has 1 aromatic heterocycles. The molecule has 0 spiro atoms. The minimum Gasteiger partial charge on any atom is -0.445 e. The van der Waals surface area contributed by atoms with Crippen molar-refractivity contribution in [2.75, 3.05) is 18.5 Å². The van der Waals surface area contributed by atoms with Gasteiger partial charge in [0.25, 0.3) is 0 Å². The highest BCUT2D eigenvalue weighted by molar-refractivity contribution is 5.63. The number of nitrogens with one attached hydrogen (secondary N) is 1. The first-order valence-electron chi connectivity index (χ1n) is 10.7. The van der Waals surface area contributed by atoms with Crippen LogP contribution in [0.1, 0.15) is 16.7 Å². The smallest absolute Gasteiger partial charge is 0.225 e. The van der Waals surface area contributed by atoms with Crippen molar-refractivity contribution in [1.29, 1.82) is 0 Å². The van der Waals surface area contributed by atoms with Crippen LogP contribution in [0.3, 0.4) is 0 Å². The SMILES string of the molecule is Cc1cc(NCc2ccc(CN3C[C@H](O)[C@@H](O)[C@H](O)[C@H]3CO)cc2)cc(-c2ncco2)c1. The van der Waals surface area contributed by atoms with Gasteiger partial charge in [-0.1, -0.05) is 24.3 Å². The predicted octanol–water partition coefficient (Wildman–Crippen LogP) is 1.52. The fourth-order valence-electron chi connectivity index (χ4n) is 4.14. The van der Waals surface area contributed by atoms with Gasteiger partial charge in [0.1, 0.15) is 18.5 Å². The molecule has 4 atom stereocenters. The third kappa shape index (κ3) is 5.01. The Morgan fingerprint density at radius 1 is 1.06 bits per heavy atom. The van der Waals surface area contributed by atoms with Gasteiger partial charge >= 0.3 is 0 Å². The highest BCUT2D eigenvalue weighted by atomic mass is 16.4. The van der Waals surface area contributed by atoms with Gasteiger partial charge in [-0.05, 0) is 41.8 Å². The van der Waals surface area contributed by atoms with Gasteiger partial charge in [-0.15, -0.1) is 0 Å². The fraction of sp³-hybridized carbons (Fsp3) is 0.375. The van der Waals surface area contributed by atoms with Crippen molar-refractivity contribution < 1.29 is 24.8 Å². The largest absolute Gasteiger partial charge is 0.445 e. The molecule has 4 rings (SSSR count). The maximum absolute atomic E-state index is 10.1. The van der Waals surface area contributed by atoms with Gasteiger partial charge in [0.2, 0.25) is 5.89 Å². The molecule has 170 valence electrons.